The molecule has 0 atom stereocenters. The van der Waals surface area contributed by atoms with E-state index in [1.54, 1.807) is 0 Å². The van der Waals surface area contributed by atoms with E-state index in [0.29, 0.717) is 5.41 Å². The second kappa shape index (κ2) is 10.7. The molecule has 132 valence electrons. The summed E-state index contributed by atoms with van der Waals surface area (Å²) in [6.07, 6.45) is 18.8. The molecule has 0 saturated carbocycles. The van der Waals surface area contributed by atoms with Crippen LogP contribution in [0.25, 0.3) is 0 Å². The molecule has 1 aliphatic heterocycles. The van der Waals surface area contributed by atoms with Crippen molar-refractivity contribution in [3.8, 4) is 0 Å². The van der Waals surface area contributed by atoms with E-state index in [-0.39, 0.29) is 5.60 Å². The van der Waals surface area contributed by atoms with Gasteiger partial charge in [0.15, 0.2) is 0 Å². The highest BCUT2D eigenvalue weighted by Crippen LogP contribution is 2.54. The van der Waals surface area contributed by atoms with Gasteiger partial charge in [0.1, 0.15) is 0 Å². The van der Waals surface area contributed by atoms with Crippen molar-refractivity contribution in [2.75, 3.05) is 6.61 Å². The summed E-state index contributed by atoms with van der Waals surface area (Å²) in [5, 5.41) is 0. The molecule has 1 fully saturated rings. The first-order valence-corrected chi connectivity index (χ1v) is 10.3. The number of rotatable bonds is 12. The van der Waals surface area contributed by atoms with Crippen molar-refractivity contribution in [1.82, 2.24) is 0 Å². The van der Waals surface area contributed by atoms with Gasteiger partial charge in [0, 0.05) is 6.61 Å². The molecule has 0 aromatic carbocycles. The lowest BCUT2D eigenvalue weighted by Gasteiger charge is -2.55. The quantitative estimate of drug-likeness (QED) is 0.368. The molecule has 1 aliphatic rings. The summed E-state index contributed by atoms with van der Waals surface area (Å²) in [6.45, 7) is 10.4. The van der Waals surface area contributed by atoms with Crippen LogP contribution in [0.15, 0.2) is 0 Å². The van der Waals surface area contributed by atoms with E-state index < -0.39 is 0 Å². The van der Waals surface area contributed by atoms with Crippen LogP contribution in [0, 0.1) is 5.41 Å². The zero-order valence-electron chi connectivity index (χ0n) is 16.0. The summed E-state index contributed by atoms with van der Waals surface area (Å²) in [6, 6.07) is 0. The Morgan fingerprint density at radius 2 is 1.14 bits per heavy atom. The van der Waals surface area contributed by atoms with Gasteiger partial charge in [0.05, 0.1) is 5.60 Å². The van der Waals surface area contributed by atoms with Gasteiger partial charge in [-0.3, -0.25) is 0 Å². The molecule has 1 nitrogen and oxygen atoms in total. The highest BCUT2D eigenvalue weighted by Gasteiger charge is 2.51. The molecule has 1 heterocycles. The van der Waals surface area contributed by atoms with Crippen LogP contribution in [0.2, 0.25) is 0 Å². The van der Waals surface area contributed by atoms with Gasteiger partial charge in [0.25, 0.3) is 0 Å². The average molecular weight is 311 g/mol. The van der Waals surface area contributed by atoms with Crippen LogP contribution in [-0.2, 0) is 4.74 Å². The van der Waals surface area contributed by atoms with E-state index in [2.05, 4.69) is 27.7 Å². The molecule has 1 saturated heterocycles. The minimum absolute atomic E-state index is 0.196. The van der Waals surface area contributed by atoms with E-state index in [1.807, 2.05) is 0 Å². The van der Waals surface area contributed by atoms with E-state index in [9.17, 15) is 0 Å². The van der Waals surface area contributed by atoms with Crippen molar-refractivity contribution in [3.05, 3.63) is 0 Å². The molecule has 0 bridgehead atoms. The predicted octanol–water partition coefficient (Wildman–Crippen LogP) is 7.28. The second-order valence-electron chi connectivity index (χ2n) is 7.64. The Balaban J connectivity index is 3.03. The number of ether oxygens (including phenoxy) is 1. The summed E-state index contributed by atoms with van der Waals surface area (Å²) in [4.78, 5) is 0. The van der Waals surface area contributed by atoms with Crippen LogP contribution < -0.4 is 0 Å². The van der Waals surface area contributed by atoms with Gasteiger partial charge in [-0.1, -0.05) is 79.1 Å². The van der Waals surface area contributed by atoms with Gasteiger partial charge in [-0.15, -0.1) is 0 Å². The van der Waals surface area contributed by atoms with Crippen LogP contribution >= 0.6 is 0 Å². The minimum Gasteiger partial charge on any atom is -0.374 e. The van der Waals surface area contributed by atoms with Crippen molar-refractivity contribution >= 4 is 0 Å². The van der Waals surface area contributed by atoms with Gasteiger partial charge in [-0.2, -0.15) is 0 Å². The first kappa shape index (κ1) is 20.0. The normalized spacial score (nSPS) is 20.2. The van der Waals surface area contributed by atoms with Gasteiger partial charge in [-0.05, 0) is 43.9 Å². The predicted molar refractivity (Wildman–Crippen MR) is 98.5 cm³/mol. The van der Waals surface area contributed by atoms with E-state index in [0.717, 1.165) is 6.61 Å². The molecule has 0 radical (unpaired) electrons. The summed E-state index contributed by atoms with van der Waals surface area (Å²) in [7, 11) is 0. The van der Waals surface area contributed by atoms with Gasteiger partial charge in [-0.25, -0.2) is 0 Å². The first-order valence-electron chi connectivity index (χ1n) is 10.3. The van der Waals surface area contributed by atoms with Crippen molar-refractivity contribution in [2.45, 2.75) is 123 Å². The maximum Gasteiger partial charge on any atom is 0.0738 e. The maximum atomic E-state index is 6.68. The summed E-state index contributed by atoms with van der Waals surface area (Å²) in [5.41, 5.74) is 0.670. The summed E-state index contributed by atoms with van der Waals surface area (Å²) < 4.78 is 6.68. The Morgan fingerprint density at radius 3 is 1.59 bits per heavy atom. The zero-order valence-corrected chi connectivity index (χ0v) is 16.0. The largest absolute Gasteiger partial charge is 0.374 e. The van der Waals surface area contributed by atoms with Crippen molar-refractivity contribution < 1.29 is 4.74 Å². The van der Waals surface area contributed by atoms with Crippen LogP contribution in [0.4, 0.5) is 0 Å². The fourth-order valence-corrected chi connectivity index (χ4v) is 4.64. The number of hydrogen-bond acceptors (Lipinski definition) is 1. The molecular formula is C21H42O. The standard InChI is InChI=1S/C21H42O/c1-5-9-14-20(15-10-6-2)16-13-19-22-21(20,17-11-7-3)18-12-8-4/h5-19H2,1-4H3. The lowest BCUT2D eigenvalue weighted by Crippen LogP contribution is -2.53. The summed E-state index contributed by atoms with van der Waals surface area (Å²) in [5.74, 6) is 0. The molecule has 22 heavy (non-hydrogen) atoms. The van der Waals surface area contributed by atoms with E-state index in [4.69, 9.17) is 4.74 Å². The molecule has 0 aliphatic carbocycles. The Bertz CT molecular complexity index is 227. The highest BCUT2D eigenvalue weighted by molar-refractivity contribution is 5.02. The molecule has 0 aromatic rings. The second-order valence-corrected chi connectivity index (χ2v) is 7.64. The lowest BCUT2D eigenvalue weighted by atomic mass is 9.59. The van der Waals surface area contributed by atoms with Crippen LogP contribution in [0.5, 0.6) is 0 Å². The Labute approximate surface area is 140 Å². The maximum absolute atomic E-state index is 6.68. The van der Waals surface area contributed by atoms with Gasteiger partial charge < -0.3 is 4.74 Å². The molecule has 0 N–H and O–H groups in total. The smallest absolute Gasteiger partial charge is 0.0738 e. The van der Waals surface area contributed by atoms with Crippen LogP contribution in [0.3, 0.4) is 0 Å². The zero-order chi connectivity index (χ0) is 16.3. The lowest BCUT2D eigenvalue weighted by molar-refractivity contribution is -0.189. The molecule has 0 amide bonds. The van der Waals surface area contributed by atoms with Gasteiger partial charge in [0.2, 0.25) is 0 Å². The molecule has 1 heteroatoms. The molecule has 0 unspecified atom stereocenters. The Morgan fingerprint density at radius 1 is 0.682 bits per heavy atom. The minimum atomic E-state index is 0.196. The fourth-order valence-electron chi connectivity index (χ4n) is 4.64. The SMILES string of the molecule is CCCCC1(CCCC)CCCOC1(CCCC)CCCC. The van der Waals surface area contributed by atoms with E-state index in [1.165, 1.54) is 89.9 Å². The third-order valence-corrected chi connectivity index (χ3v) is 6.03. The Kier molecular flexibility index (Phi) is 9.71. The van der Waals surface area contributed by atoms with Crippen molar-refractivity contribution in [3.63, 3.8) is 0 Å². The average Bonchev–Trinajstić information content (AvgIpc) is 2.56. The first-order chi connectivity index (χ1) is 10.7. The third-order valence-electron chi connectivity index (χ3n) is 6.03. The molecule has 0 aromatic heterocycles. The molecule has 0 spiro atoms. The van der Waals surface area contributed by atoms with Gasteiger partial charge >= 0.3 is 0 Å². The monoisotopic (exact) mass is 310 g/mol. The third kappa shape index (κ3) is 4.98. The number of hydrogen-bond donors (Lipinski definition) is 0. The fraction of sp³-hybridized carbons (Fsp3) is 1.00. The van der Waals surface area contributed by atoms with Crippen LogP contribution in [-0.4, -0.2) is 12.2 Å². The summed E-state index contributed by atoms with van der Waals surface area (Å²) >= 11 is 0. The van der Waals surface area contributed by atoms with Crippen LogP contribution in [0.1, 0.15) is 118 Å². The Hall–Kier alpha value is -0.0400. The molecular weight excluding hydrogens is 268 g/mol. The molecule has 1 rings (SSSR count). The van der Waals surface area contributed by atoms with E-state index >= 15 is 0 Å². The number of unbranched alkanes of at least 4 members (excludes halogenated alkanes) is 4. The topological polar surface area (TPSA) is 9.23 Å². The van der Waals surface area contributed by atoms with Crippen molar-refractivity contribution in [2.24, 2.45) is 5.41 Å². The van der Waals surface area contributed by atoms with Crippen molar-refractivity contribution in [1.29, 1.82) is 0 Å². The highest BCUT2D eigenvalue weighted by atomic mass is 16.5.